The lowest BCUT2D eigenvalue weighted by atomic mass is 10.2. The molecule has 1 aliphatic rings. The fourth-order valence-electron chi connectivity index (χ4n) is 1.92. The Hall–Kier alpha value is -1.75. The molecule has 1 aromatic carbocycles. The minimum atomic E-state index is -0.575. The lowest BCUT2D eigenvalue weighted by Gasteiger charge is -2.14. The van der Waals surface area contributed by atoms with Gasteiger partial charge in [-0.2, -0.15) is 0 Å². The number of ether oxygens (including phenoxy) is 1. The predicted molar refractivity (Wildman–Crippen MR) is 72.0 cm³/mol. The Morgan fingerprint density at radius 2 is 2.00 bits per heavy atom. The molecule has 0 bridgehead atoms. The molecule has 0 saturated carbocycles. The van der Waals surface area contributed by atoms with E-state index in [-0.39, 0.29) is 18.1 Å². The normalized spacial score (nSPS) is 14.5. The number of amides is 1. The number of halogens is 1. The fourth-order valence-corrected chi connectivity index (χ4v) is 2.10. The number of hydrogen-bond donors (Lipinski definition) is 1. The van der Waals surface area contributed by atoms with E-state index in [1.54, 1.807) is 4.90 Å². The molecule has 0 aromatic heterocycles. The summed E-state index contributed by atoms with van der Waals surface area (Å²) in [5.41, 5.74) is 6.23. The van der Waals surface area contributed by atoms with E-state index in [0.29, 0.717) is 10.7 Å². The van der Waals surface area contributed by atoms with Crippen LogP contribution in [0.2, 0.25) is 5.02 Å². The van der Waals surface area contributed by atoms with Crippen LogP contribution < -0.4 is 5.73 Å². The highest BCUT2D eigenvalue weighted by Crippen LogP contribution is 2.20. The van der Waals surface area contributed by atoms with Gasteiger partial charge in [0.15, 0.2) is 6.61 Å². The maximum absolute atomic E-state index is 11.7. The Bertz CT molecular complexity index is 499. The number of nitrogens with two attached hydrogens (primary N) is 1. The van der Waals surface area contributed by atoms with Gasteiger partial charge in [0.2, 0.25) is 0 Å². The van der Waals surface area contributed by atoms with Gasteiger partial charge in [-0.25, -0.2) is 4.79 Å². The minimum Gasteiger partial charge on any atom is -0.452 e. The van der Waals surface area contributed by atoms with Gasteiger partial charge in [-0.05, 0) is 31.0 Å². The molecule has 0 spiro atoms. The first-order valence-corrected chi connectivity index (χ1v) is 6.45. The highest BCUT2D eigenvalue weighted by molar-refractivity contribution is 6.33. The van der Waals surface area contributed by atoms with Gasteiger partial charge in [-0.3, -0.25) is 4.79 Å². The van der Waals surface area contributed by atoms with Crippen molar-refractivity contribution in [2.45, 2.75) is 12.8 Å². The van der Waals surface area contributed by atoms with Crippen molar-refractivity contribution < 1.29 is 14.3 Å². The summed E-state index contributed by atoms with van der Waals surface area (Å²) < 4.78 is 4.97. The number of carbonyl (C=O) groups excluding carboxylic acids is 2. The van der Waals surface area contributed by atoms with Gasteiger partial charge in [-0.15, -0.1) is 0 Å². The van der Waals surface area contributed by atoms with Gasteiger partial charge in [0.1, 0.15) is 0 Å². The van der Waals surface area contributed by atoms with Crippen LogP contribution in [0.3, 0.4) is 0 Å². The van der Waals surface area contributed by atoms with Crippen molar-refractivity contribution in [2.75, 3.05) is 25.4 Å². The van der Waals surface area contributed by atoms with E-state index in [1.807, 2.05) is 0 Å². The van der Waals surface area contributed by atoms with Crippen molar-refractivity contribution in [3.05, 3.63) is 28.8 Å². The summed E-state index contributed by atoms with van der Waals surface area (Å²) in [5, 5.41) is 0.292. The van der Waals surface area contributed by atoms with E-state index in [9.17, 15) is 9.59 Å². The Kier molecular flexibility index (Phi) is 4.27. The standard InChI is InChI=1S/C13H15ClN2O3/c14-10-7-9(3-4-11(10)15)13(18)19-8-12(17)16-5-1-2-6-16/h3-4,7H,1-2,5-6,8,15H2. The molecule has 0 radical (unpaired) electrons. The average Bonchev–Trinajstić information content (AvgIpc) is 2.92. The van der Waals surface area contributed by atoms with Gasteiger partial charge >= 0.3 is 5.97 Å². The lowest BCUT2D eigenvalue weighted by molar-refractivity contribution is -0.133. The topological polar surface area (TPSA) is 72.6 Å². The van der Waals surface area contributed by atoms with Crippen molar-refractivity contribution in [3.8, 4) is 0 Å². The van der Waals surface area contributed by atoms with Crippen LogP contribution in [0.15, 0.2) is 18.2 Å². The van der Waals surface area contributed by atoms with Crippen LogP contribution in [0.25, 0.3) is 0 Å². The molecule has 1 saturated heterocycles. The third-order valence-electron chi connectivity index (χ3n) is 3.02. The Morgan fingerprint density at radius 1 is 1.32 bits per heavy atom. The quantitative estimate of drug-likeness (QED) is 0.676. The third-order valence-corrected chi connectivity index (χ3v) is 3.35. The zero-order valence-corrected chi connectivity index (χ0v) is 11.2. The number of rotatable bonds is 3. The molecule has 2 N–H and O–H groups in total. The Morgan fingerprint density at radius 3 is 2.63 bits per heavy atom. The molecule has 0 unspecified atom stereocenters. The Labute approximate surface area is 116 Å². The maximum Gasteiger partial charge on any atom is 0.338 e. The van der Waals surface area contributed by atoms with Crippen LogP contribution in [-0.4, -0.2) is 36.5 Å². The van der Waals surface area contributed by atoms with Gasteiger partial charge < -0.3 is 15.4 Å². The summed E-state index contributed by atoms with van der Waals surface area (Å²) in [7, 11) is 0. The molecule has 1 aliphatic heterocycles. The molecule has 1 fully saturated rings. The summed E-state index contributed by atoms with van der Waals surface area (Å²) in [6.07, 6.45) is 2.01. The second-order valence-electron chi connectivity index (χ2n) is 4.40. The lowest BCUT2D eigenvalue weighted by Crippen LogP contribution is -2.32. The van der Waals surface area contributed by atoms with Crippen molar-refractivity contribution in [1.82, 2.24) is 4.90 Å². The molecule has 1 aromatic rings. The summed E-state index contributed by atoms with van der Waals surface area (Å²) in [6, 6.07) is 4.48. The first-order valence-electron chi connectivity index (χ1n) is 6.08. The maximum atomic E-state index is 11.7. The average molecular weight is 283 g/mol. The van der Waals surface area contributed by atoms with Crippen molar-refractivity contribution in [1.29, 1.82) is 0 Å². The smallest absolute Gasteiger partial charge is 0.338 e. The SMILES string of the molecule is Nc1ccc(C(=O)OCC(=O)N2CCCC2)cc1Cl. The summed E-state index contributed by atoms with van der Waals surface area (Å²) >= 11 is 5.82. The zero-order valence-electron chi connectivity index (χ0n) is 10.4. The highest BCUT2D eigenvalue weighted by Gasteiger charge is 2.19. The van der Waals surface area contributed by atoms with Crippen LogP contribution in [0.1, 0.15) is 23.2 Å². The zero-order chi connectivity index (χ0) is 13.8. The molecule has 102 valence electrons. The number of likely N-dealkylation sites (tertiary alicyclic amines) is 1. The fraction of sp³-hybridized carbons (Fsp3) is 0.385. The van der Waals surface area contributed by atoms with E-state index >= 15 is 0 Å². The Balaban J connectivity index is 1.90. The molecular weight excluding hydrogens is 268 g/mol. The number of benzene rings is 1. The van der Waals surface area contributed by atoms with Crippen LogP contribution in [0.4, 0.5) is 5.69 Å². The van der Waals surface area contributed by atoms with Gasteiger partial charge in [0.05, 0.1) is 16.3 Å². The van der Waals surface area contributed by atoms with E-state index in [0.717, 1.165) is 25.9 Å². The van der Waals surface area contributed by atoms with Gasteiger partial charge in [0.25, 0.3) is 5.91 Å². The van der Waals surface area contributed by atoms with Crippen molar-refractivity contribution in [2.24, 2.45) is 0 Å². The molecule has 19 heavy (non-hydrogen) atoms. The monoisotopic (exact) mass is 282 g/mol. The number of esters is 1. The molecule has 5 nitrogen and oxygen atoms in total. The summed E-state index contributed by atoms with van der Waals surface area (Å²) in [6.45, 7) is 1.25. The first-order chi connectivity index (χ1) is 9.08. The second-order valence-corrected chi connectivity index (χ2v) is 4.81. The molecule has 0 atom stereocenters. The molecule has 0 aliphatic carbocycles. The van der Waals surface area contributed by atoms with Crippen LogP contribution in [0, 0.1) is 0 Å². The number of carbonyl (C=O) groups is 2. The van der Waals surface area contributed by atoms with E-state index in [1.165, 1.54) is 18.2 Å². The summed E-state index contributed by atoms with van der Waals surface area (Å²) in [5.74, 6) is -0.734. The van der Waals surface area contributed by atoms with E-state index in [2.05, 4.69) is 0 Å². The van der Waals surface area contributed by atoms with E-state index < -0.39 is 5.97 Å². The second kappa shape index (κ2) is 5.93. The largest absolute Gasteiger partial charge is 0.452 e. The van der Waals surface area contributed by atoms with Gasteiger partial charge in [-0.1, -0.05) is 11.6 Å². The molecule has 1 heterocycles. The first kappa shape index (κ1) is 13.7. The third kappa shape index (κ3) is 3.38. The molecule has 1 amide bonds. The molecule has 6 heteroatoms. The minimum absolute atomic E-state index is 0.160. The van der Waals surface area contributed by atoms with Gasteiger partial charge in [0, 0.05) is 13.1 Å². The van der Waals surface area contributed by atoms with Crippen LogP contribution in [0.5, 0.6) is 0 Å². The van der Waals surface area contributed by atoms with E-state index in [4.69, 9.17) is 22.1 Å². The number of hydrogen-bond acceptors (Lipinski definition) is 4. The highest BCUT2D eigenvalue weighted by atomic mass is 35.5. The predicted octanol–water partition coefficient (Wildman–Crippen LogP) is 1.70. The van der Waals surface area contributed by atoms with Crippen molar-refractivity contribution >= 4 is 29.2 Å². The number of nitrogen functional groups attached to an aromatic ring is 1. The molecule has 2 rings (SSSR count). The summed E-state index contributed by atoms with van der Waals surface area (Å²) in [4.78, 5) is 25.1. The van der Waals surface area contributed by atoms with Crippen molar-refractivity contribution in [3.63, 3.8) is 0 Å². The number of anilines is 1. The molecular formula is C13H15ClN2O3. The van der Waals surface area contributed by atoms with Crippen LogP contribution >= 0.6 is 11.6 Å². The van der Waals surface area contributed by atoms with Crippen LogP contribution in [-0.2, 0) is 9.53 Å². The number of nitrogens with zero attached hydrogens (tertiary/aromatic N) is 1.